The standard InChI is InChI=1S/C25H36N4O.HI/c1-4-26-25(28(3)18-22-7-5-20(2)6-8-22)27-17-21-9-11-23(12-10-21)19-29-15-13-24(30)14-16-29;/h5-12,24,30H,4,13-19H2,1-3H3,(H,26,27);1H. The summed E-state index contributed by atoms with van der Waals surface area (Å²) in [5.74, 6) is 0.925. The van der Waals surface area contributed by atoms with E-state index < -0.39 is 0 Å². The Balaban J connectivity index is 0.00000341. The van der Waals surface area contributed by atoms with Gasteiger partial charge in [0.15, 0.2) is 5.96 Å². The molecular formula is C25H37IN4O. The molecule has 1 saturated heterocycles. The lowest BCUT2D eigenvalue weighted by Gasteiger charge is -2.29. The molecule has 0 atom stereocenters. The zero-order valence-electron chi connectivity index (χ0n) is 19.1. The van der Waals surface area contributed by atoms with Crippen molar-refractivity contribution in [3.8, 4) is 0 Å². The number of aliphatic hydroxyl groups excluding tert-OH is 1. The maximum Gasteiger partial charge on any atom is 0.194 e. The van der Waals surface area contributed by atoms with Crippen LogP contribution in [0.25, 0.3) is 0 Å². The lowest BCUT2D eigenvalue weighted by Crippen LogP contribution is -2.38. The van der Waals surface area contributed by atoms with Crippen LogP contribution in [0, 0.1) is 6.92 Å². The van der Waals surface area contributed by atoms with Crippen LogP contribution in [0.3, 0.4) is 0 Å². The highest BCUT2D eigenvalue weighted by molar-refractivity contribution is 14.0. The third-order valence-corrected chi connectivity index (χ3v) is 5.63. The van der Waals surface area contributed by atoms with Crippen molar-refractivity contribution < 1.29 is 5.11 Å². The second kappa shape index (κ2) is 13.0. The molecule has 1 heterocycles. The second-order valence-electron chi connectivity index (χ2n) is 8.34. The third kappa shape index (κ3) is 8.43. The Kier molecular flexibility index (Phi) is 10.8. The minimum Gasteiger partial charge on any atom is -0.393 e. The SMILES string of the molecule is CCNC(=NCc1ccc(CN2CCC(O)CC2)cc1)N(C)Cc1ccc(C)cc1.I. The van der Waals surface area contributed by atoms with Crippen LogP contribution in [0.2, 0.25) is 0 Å². The molecule has 2 aromatic rings. The summed E-state index contributed by atoms with van der Waals surface area (Å²) in [5, 5.41) is 13.1. The normalized spacial score (nSPS) is 15.4. The number of piperidine rings is 1. The quantitative estimate of drug-likeness (QED) is 0.317. The highest BCUT2D eigenvalue weighted by Gasteiger charge is 2.16. The van der Waals surface area contributed by atoms with E-state index in [1.54, 1.807) is 0 Å². The predicted octanol–water partition coefficient (Wildman–Crippen LogP) is 4.17. The molecule has 0 amide bonds. The van der Waals surface area contributed by atoms with Gasteiger partial charge < -0.3 is 15.3 Å². The molecule has 1 fully saturated rings. The number of hydrogen-bond acceptors (Lipinski definition) is 3. The van der Waals surface area contributed by atoms with E-state index in [0.29, 0.717) is 6.54 Å². The first-order valence-electron chi connectivity index (χ1n) is 11.1. The highest BCUT2D eigenvalue weighted by atomic mass is 127. The van der Waals surface area contributed by atoms with Crippen molar-refractivity contribution in [1.82, 2.24) is 15.1 Å². The molecule has 6 heteroatoms. The predicted molar refractivity (Wildman–Crippen MR) is 140 cm³/mol. The molecule has 31 heavy (non-hydrogen) atoms. The maximum atomic E-state index is 9.66. The van der Waals surface area contributed by atoms with E-state index in [1.807, 2.05) is 0 Å². The highest BCUT2D eigenvalue weighted by Crippen LogP contribution is 2.15. The van der Waals surface area contributed by atoms with E-state index in [9.17, 15) is 5.11 Å². The van der Waals surface area contributed by atoms with Gasteiger partial charge in [-0.3, -0.25) is 4.90 Å². The average Bonchev–Trinajstić information content (AvgIpc) is 2.75. The first-order chi connectivity index (χ1) is 14.5. The van der Waals surface area contributed by atoms with Gasteiger partial charge in [0.2, 0.25) is 0 Å². The molecule has 170 valence electrons. The molecule has 5 nitrogen and oxygen atoms in total. The third-order valence-electron chi connectivity index (χ3n) is 5.63. The Morgan fingerprint density at radius 3 is 2.23 bits per heavy atom. The van der Waals surface area contributed by atoms with Gasteiger partial charge in [-0.2, -0.15) is 0 Å². The summed E-state index contributed by atoms with van der Waals surface area (Å²) in [6.07, 6.45) is 1.66. The Morgan fingerprint density at radius 2 is 1.61 bits per heavy atom. The van der Waals surface area contributed by atoms with Gasteiger partial charge in [-0.15, -0.1) is 24.0 Å². The minimum atomic E-state index is -0.114. The van der Waals surface area contributed by atoms with Gasteiger partial charge in [0.1, 0.15) is 0 Å². The number of halogens is 1. The van der Waals surface area contributed by atoms with Crippen molar-refractivity contribution in [2.75, 3.05) is 26.7 Å². The van der Waals surface area contributed by atoms with Gasteiger partial charge in [-0.1, -0.05) is 54.1 Å². The van der Waals surface area contributed by atoms with E-state index in [1.165, 1.54) is 22.3 Å². The molecule has 3 rings (SSSR count). The van der Waals surface area contributed by atoms with Crippen LogP contribution in [0.4, 0.5) is 0 Å². The number of hydrogen-bond donors (Lipinski definition) is 2. The van der Waals surface area contributed by atoms with Crippen LogP contribution in [-0.4, -0.2) is 53.7 Å². The molecule has 0 spiro atoms. The van der Waals surface area contributed by atoms with Gasteiger partial charge in [-0.05, 0) is 43.4 Å². The molecule has 2 N–H and O–H groups in total. The molecule has 0 aromatic heterocycles. The number of aliphatic hydroxyl groups is 1. The summed E-state index contributed by atoms with van der Waals surface area (Å²) in [5.41, 5.74) is 5.10. The Bertz CT molecular complexity index is 799. The van der Waals surface area contributed by atoms with E-state index in [0.717, 1.165) is 51.5 Å². The number of nitrogens with zero attached hydrogens (tertiary/aromatic N) is 3. The fourth-order valence-electron chi connectivity index (χ4n) is 3.76. The van der Waals surface area contributed by atoms with Crippen molar-refractivity contribution in [2.45, 2.75) is 52.4 Å². The lowest BCUT2D eigenvalue weighted by atomic mass is 10.1. The number of rotatable bonds is 7. The van der Waals surface area contributed by atoms with Crippen LogP contribution in [0.1, 0.15) is 42.0 Å². The van der Waals surface area contributed by atoms with Crippen LogP contribution in [0.15, 0.2) is 53.5 Å². The number of aliphatic imine (C=N–C) groups is 1. The monoisotopic (exact) mass is 536 g/mol. The van der Waals surface area contributed by atoms with Crippen LogP contribution >= 0.6 is 24.0 Å². The summed E-state index contributed by atoms with van der Waals surface area (Å²) in [7, 11) is 2.08. The van der Waals surface area contributed by atoms with Gasteiger partial charge in [0.05, 0.1) is 12.6 Å². The summed E-state index contributed by atoms with van der Waals surface area (Å²) in [6, 6.07) is 17.4. The molecular weight excluding hydrogens is 499 g/mol. The van der Waals surface area contributed by atoms with E-state index in [-0.39, 0.29) is 30.1 Å². The molecule has 0 radical (unpaired) electrons. The maximum absolute atomic E-state index is 9.66. The Hall–Kier alpha value is -1.64. The average molecular weight is 537 g/mol. The molecule has 0 aliphatic carbocycles. The van der Waals surface area contributed by atoms with Crippen molar-refractivity contribution in [2.24, 2.45) is 4.99 Å². The number of guanidine groups is 1. The lowest BCUT2D eigenvalue weighted by molar-refractivity contribution is 0.0792. The zero-order chi connectivity index (χ0) is 21.3. The van der Waals surface area contributed by atoms with Gasteiger partial charge >= 0.3 is 0 Å². The molecule has 0 bridgehead atoms. The number of aryl methyl sites for hydroxylation is 1. The summed E-state index contributed by atoms with van der Waals surface area (Å²) < 4.78 is 0. The molecule has 0 unspecified atom stereocenters. The van der Waals surface area contributed by atoms with Gasteiger partial charge in [-0.25, -0.2) is 4.99 Å². The first-order valence-corrected chi connectivity index (χ1v) is 11.1. The fourth-order valence-corrected chi connectivity index (χ4v) is 3.76. The topological polar surface area (TPSA) is 51.1 Å². The van der Waals surface area contributed by atoms with Crippen molar-refractivity contribution in [3.63, 3.8) is 0 Å². The fraction of sp³-hybridized carbons (Fsp3) is 0.480. The zero-order valence-corrected chi connectivity index (χ0v) is 21.4. The van der Waals surface area contributed by atoms with E-state index in [2.05, 4.69) is 84.5 Å². The molecule has 0 saturated carbocycles. The molecule has 2 aromatic carbocycles. The number of likely N-dealkylation sites (tertiary alicyclic amines) is 1. The van der Waals surface area contributed by atoms with E-state index >= 15 is 0 Å². The number of benzene rings is 2. The smallest absolute Gasteiger partial charge is 0.194 e. The second-order valence-corrected chi connectivity index (χ2v) is 8.34. The van der Waals surface area contributed by atoms with Crippen molar-refractivity contribution in [3.05, 3.63) is 70.8 Å². The Labute approximate surface area is 204 Å². The minimum absolute atomic E-state index is 0. The van der Waals surface area contributed by atoms with Crippen LogP contribution in [-0.2, 0) is 19.6 Å². The summed E-state index contributed by atoms with van der Waals surface area (Å²) in [4.78, 5) is 9.44. The number of nitrogens with one attached hydrogen (secondary N) is 1. The summed E-state index contributed by atoms with van der Waals surface area (Å²) in [6.45, 7) is 9.47. The molecule has 1 aliphatic heterocycles. The van der Waals surface area contributed by atoms with Gasteiger partial charge in [0, 0.05) is 39.8 Å². The van der Waals surface area contributed by atoms with Crippen molar-refractivity contribution in [1.29, 1.82) is 0 Å². The largest absolute Gasteiger partial charge is 0.393 e. The van der Waals surface area contributed by atoms with Crippen LogP contribution in [0.5, 0.6) is 0 Å². The van der Waals surface area contributed by atoms with Crippen molar-refractivity contribution >= 4 is 29.9 Å². The summed E-state index contributed by atoms with van der Waals surface area (Å²) >= 11 is 0. The first kappa shape index (κ1) is 25.6. The Morgan fingerprint density at radius 1 is 1.03 bits per heavy atom. The molecule has 1 aliphatic rings. The van der Waals surface area contributed by atoms with Gasteiger partial charge in [0.25, 0.3) is 0 Å². The van der Waals surface area contributed by atoms with E-state index in [4.69, 9.17) is 4.99 Å². The van der Waals surface area contributed by atoms with Crippen LogP contribution < -0.4 is 5.32 Å².